The maximum absolute atomic E-state index is 12.9. The second-order valence-corrected chi connectivity index (χ2v) is 8.10. The monoisotopic (exact) mass is 441 g/mol. The Balaban J connectivity index is 1.37. The number of carbonyl (C=O) groups is 1. The molecule has 4 aromatic rings. The first-order valence-electron chi connectivity index (χ1n) is 11.4. The molecular formula is C27H27N3O3. The van der Waals surface area contributed by atoms with E-state index in [2.05, 4.69) is 10.6 Å². The summed E-state index contributed by atoms with van der Waals surface area (Å²) in [7, 11) is 0. The number of imidazole rings is 1. The van der Waals surface area contributed by atoms with Crippen LogP contribution >= 0.6 is 0 Å². The first kappa shape index (κ1) is 21.1. The predicted octanol–water partition coefficient (Wildman–Crippen LogP) is 5.03. The zero-order chi connectivity index (χ0) is 22.6. The van der Waals surface area contributed by atoms with Crippen molar-refractivity contribution in [3.05, 3.63) is 84.7 Å². The Kier molecular flexibility index (Phi) is 5.98. The summed E-state index contributed by atoms with van der Waals surface area (Å²) in [5, 5.41) is 0. The molecule has 2 heterocycles. The molecule has 1 aromatic heterocycles. The fourth-order valence-electron chi connectivity index (χ4n) is 4.43. The third kappa shape index (κ3) is 4.42. The summed E-state index contributed by atoms with van der Waals surface area (Å²) in [5.74, 6) is 2.73. The number of amides is 1. The third-order valence-corrected chi connectivity index (χ3v) is 5.96. The molecule has 5 rings (SSSR count). The molecule has 0 saturated carbocycles. The number of ether oxygens (including phenoxy) is 2. The number of hydrogen-bond acceptors (Lipinski definition) is 4. The number of nitrogens with zero attached hydrogens (tertiary/aromatic N) is 3. The van der Waals surface area contributed by atoms with Crippen LogP contribution in [0, 0.1) is 0 Å². The van der Waals surface area contributed by atoms with Gasteiger partial charge in [-0.1, -0.05) is 30.3 Å². The van der Waals surface area contributed by atoms with Crippen LogP contribution in [0.5, 0.6) is 11.5 Å². The summed E-state index contributed by atoms with van der Waals surface area (Å²) in [6, 6.07) is 25.7. The van der Waals surface area contributed by atoms with Gasteiger partial charge in [-0.2, -0.15) is 0 Å². The second kappa shape index (κ2) is 9.36. The van der Waals surface area contributed by atoms with Gasteiger partial charge in [-0.15, -0.1) is 0 Å². The minimum atomic E-state index is 0.0215. The largest absolute Gasteiger partial charge is 0.494 e. The Morgan fingerprint density at radius 1 is 0.909 bits per heavy atom. The van der Waals surface area contributed by atoms with Gasteiger partial charge in [0.05, 0.1) is 24.2 Å². The summed E-state index contributed by atoms with van der Waals surface area (Å²) >= 11 is 0. The molecule has 0 spiro atoms. The topological polar surface area (TPSA) is 56.6 Å². The van der Waals surface area contributed by atoms with Gasteiger partial charge in [0.2, 0.25) is 5.91 Å². The van der Waals surface area contributed by atoms with E-state index >= 15 is 0 Å². The van der Waals surface area contributed by atoms with Crippen molar-refractivity contribution in [2.45, 2.75) is 25.8 Å². The van der Waals surface area contributed by atoms with Crippen LogP contribution in [0.4, 0.5) is 5.69 Å². The van der Waals surface area contributed by atoms with Gasteiger partial charge in [0, 0.05) is 24.6 Å². The molecule has 33 heavy (non-hydrogen) atoms. The van der Waals surface area contributed by atoms with E-state index in [4.69, 9.17) is 14.5 Å². The Morgan fingerprint density at radius 2 is 1.64 bits per heavy atom. The zero-order valence-electron chi connectivity index (χ0n) is 18.7. The number of rotatable bonds is 8. The van der Waals surface area contributed by atoms with E-state index in [9.17, 15) is 4.79 Å². The average Bonchev–Trinajstić information content (AvgIpc) is 3.41. The number of anilines is 1. The Morgan fingerprint density at radius 3 is 2.42 bits per heavy atom. The first-order chi connectivity index (χ1) is 16.2. The molecule has 1 aliphatic rings. The molecule has 6 heteroatoms. The molecule has 3 aromatic carbocycles. The number of benzene rings is 3. The van der Waals surface area contributed by atoms with Gasteiger partial charge in [0.15, 0.2) is 0 Å². The molecule has 1 atom stereocenters. The molecular weight excluding hydrogens is 414 g/mol. The summed E-state index contributed by atoms with van der Waals surface area (Å²) in [4.78, 5) is 19.7. The van der Waals surface area contributed by atoms with Crippen molar-refractivity contribution in [1.29, 1.82) is 0 Å². The van der Waals surface area contributed by atoms with Gasteiger partial charge in [-0.05, 0) is 55.5 Å². The number of para-hydroxylation sites is 3. The Bertz CT molecular complexity index is 1230. The standard InChI is InChI=1S/C27H27N3O3/c1-2-32-23-14-12-21(13-15-23)30-19-20(18-26(30)31)27-28-24-10-6-7-11-25(24)29(27)16-17-33-22-8-4-3-5-9-22/h3-15,20H,2,16-19H2,1H3/t20-/m0/s1. The van der Waals surface area contributed by atoms with E-state index < -0.39 is 0 Å². The zero-order valence-corrected chi connectivity index (χ0v) is 18.7. The van der Waals surface area contributed by atoms with Gasteiger partial charge in [-0.25, -0.2) is 4.98 Å². The fraction of sp³-hybridized carbons (Fsp3) is 0.259. The quantitative estimate of drug-likeness (QED) is 0.385. The molecule has 0 N–H and O–H groups in total. The number of hydrogen-bond donors (Lipinski definition) is 0. The second-order valence-electron chi connectivity index (χ2n) is 8.10. The summed E-state index contributed by atoms with van der Waals surface area (Å²) in [6.45, 7) is 4.38. The van der Waals surface area contributed by atoms with Crippen LogP contribution in [-0.2, 0) is 11.3 Å². The van der Waals surface area contributed by atoms with Gasteiger partial charge in [0.1, 0.15) is 23.9 Å². The number of fused-ring (bicyclic) bond motifs is 1. The highest BCUT2D eigenvalue weighted by Gasteiger charge is 2.34. The molecule has 0 aliphatic carbocycles. The highest BCUT2D eigenvalue weighted by atomic mass is 16.5. The Labute approximate surface area is 193 Å². The van der Waals surface area contributed by atoms with Crippen molar-refractivity contribution in [2.24, 2.45) is 0 Å². The van der Waals surface area contributed by atoms with Crippen molar-refractivity contribution in [1.82, 2.24) is 9.55 Å². The van der Waals surface area contributed by atoms with Crippen molar-refractivity contribution in [3.63, 3.8) is 0 Å². The van der Waals surface area contributed by atoms with Crippen LogP contribution < -0.4 is 14.4 Å². The van der Waals surface area contributed by atoms with Gasteiger partial charge >= 0.3 is 0 Å². The van der Waals surface area contributed by atoms with E-state index in [0.29, 0.717) is 32.7 Å². The smallest absolute Gasteiger partial charge is 0.227 e. The minimum Gasteiger partial charge on any atom is -0.494 e. The van der Waals surface area contributed by atoms with Crippen LogP contribution in [0.1, 0.15) is 25.1 Å². The van der Waals surface area contributed by atoms with Gasteiger partial charge in [-0.3, -0.25) is 4.79 Å². The molecule has 1 fully saturated rings. The van der Waals surface area contributed by atoms with Gasteiger partial charge < -0.3 is 18.9 Å². The summed E-state index contributed by atoms with van der Waals surface area (Å²) in [5.41, 5.74) is 2.90. The molecule has 0 radical (unpaired) electrons. The van der Waals surface area contributed by atoms with Crippen molar-refractivity contribution >= 4 is 22.6 Å². The molecule has 0 bridgehead atoms. The maximum atomic E-state index is 12.9. The molecule has 1 aliphatic heterocycles. The lowest BCUT2D eigenvalue weighted by Gasteiger charge is -2.18. The lowest BCUT2D eigenvalue weighted by molar-refractivity contribution is -0.117. The van der Waals surface area contributed by atoms with E-state index in [1.807, 2.05) is 84.6 Å². The maximum Gasteiger partial charge on any atom is 0.227 e. The molecule has 0 unspecified atom stereocenters. The Hall–Kier alpha value is -3.80. The van der Waals surface area contributed by atoms with Crippen LogP contribution in [-0.4, -0.2) is 35.2 Å². The van der Waals surface area contributed by atoms with E-state index in [0.717, 1.165) is 34.0 Å². The van der Waals surface area contributed by atoms with Gasteiger partial charge in [0.25, 0.3) is 0 Å². The number of carbonyl (C=O) groups excluding carboxylic acids is 1. The van der Waals surface area contributed by atoms with E-state index in [-0.39, 0.29) is 11.8 Å². The van der Waals surface area contributed by atoms with Crippen LogP contribution in [0.25, 0.3) is 11.0 Å². The molecule has 1 amide bonds. The lowest BCUT2D eigenvalue weighted by Crippen LogP contribution is -2.24. The molecule has 6 nitrogen and oxygen atoms in total. The summed E-state index contributed by atoms with van der Waals surface area (Å²) in [6.07, 6.45) is 0.441. The van der Waals surface area contributed by atoms with Crippen molar-refractivity contribution in [3.8, 4) is 11.5 Å². The predicted molar refractivity (Wildman–Crippen MR) is 129 cm³/mol. The lowest BCUT2D eigenvalue weighted by atomic mass is 10.1. The third-order valence-electron chi connectivity index (χ3n) is 5.96. The SMILES string of the molecule is CCOc1ccc(N2C[C@@H](c3nc4ccccc4n3CCOc3ccccc3)CC2=O)cc1. The van der Waals surface area contributed by atoms with Crippen LogP contribution in [0.3, 0.4) is 0 Å². The normalized spacial score (nSPS) is 15.8. The van der Waals surface area contributed by atoms with E-state index in [1.54, 1.807) is 0 Å². The van der Waals surface area contributed by atoms with Crippen molar-refractivity contribution in [2.75, 3.05) is 24.7 Å². The van der Waals surface area contributed by atoms with E-state index in [1.165, 1.54) is 0 Å². The van der Waals surface area contributed by atoms with Crippen LogP contribution in [0.15, 0.2) is 78.9 Å². The van der Waals surface area contributed by atoms with Crippen LogP contribution in [0.2, 0.25) is 0 Å². The fourth-order valence-corrected chi connectivity index (χ4v) is 4.43. The average molecular weight is 442 g/mol. The first-order valence-corrected chi connectivity index (χ1v) is 11.4. The number of aromatic nitrogens is 2. The molecule has 1 saturated heterocycles. The highest BCUT2D eigenvalue weighted by molar-refractivity contribution is 5.96. The summed E-state index contributed by atoms with van der Waals surface area (Å²) < 4.78 is 13.7. The highest BCUT2D eigenvalue weighted by Crippen LogP contribution is 2.33. The van der Waals surface area contributed by atoms with Crippen molar-refractivity contribution < 1.29 is 14.3 Å². The molecule has 168 valence electrons. The minimum absolute atomic E-state index is 0.0215.